The maximum absolute atomic E-state index is 5.13. The van der Waals surface area contributed by atoms with Gasteiger partial charge in [0.25, 0.3) is 0 Å². The number of hydrogen-bond acceptors (Lipinski definition) is 6. The number of anilines is 1. The van der Waals surface area contributed by atoms with Gasteiger partial charge >= 0.3 is 6.01 Å². The van der Waals surface area contributed by atoms with Crippen LogP contribution in [-0.2, 0) is 0 Å². The molecule has 5 nitrogen and oxygen atoms in total. The molecule has 0 spiro atoms. The van der Waals surface area contributed by atoms with Crippen molar-refractivity contribution in [1.29, 1.82) is 0 Å². The van der Waals surface area contributed by atoms with E-state index in [-0.39, 0.29) is 6.04 Å². The van der Waals surface area contributed by atoms with Crippen molar-refractivity contribution in [2.45, 2.75) is 19.9 Å². The van der Waals surface area contributed by atoms with Crippen LogP contribution in [0.25, 0.3) is 21.6 Å². The Hall–Kier alpha value is -1.95. The van der Waals surface area contributed by atoms with Gasteiger partial charge in [-0.1, -0.05) is 5.16 Å². The second-order valence-corrected chi connectivity index (χ2v) is 5.20. The molecule has 0 amide bonds. The second kappa shape index (κ2) is 4.38. The van der Waals surface area contributed by atoms with Crippen LogP contribution >= 0.6 is 11.3 Å². The zero-order chi connectivity index (χ0) is 12.5. The first-order valence-electron chi connectivity index (χ1n) is 5.66. The van der Waals surface area contributed by atoms with E-state index in [9.17, 15) is 0 Å². The zero-order valence-electron chi connectivity index (χ0n) is 10.0. The molecule has 18 heavy (non-hydrogen) atoms. The lowest BCUT2D eigenvalue weighted by atomic mass is 10.2. The van der Waals surface area contributed by atoms with Gasteiger partial charge in [0.1, 0.15) is 0 Å². The third-order valence-corrected chi connectivity index (χ3v) is 3.25. The molecule has 0 fully saturated rings. The van der Waals surface area contributed by atoms with Crippen molar-refractivity contribution in [3.63, 3.8) is 0 Å². The highest BCUT2D eigenvalue weighted by molar-refractivity contribution is 7.17. The summed E-state index contributed by atoms with van der Waals surface area (Å²) in [6.07, 6.45) is 1.76. The van der Waals surface area contributed by atoms with Gasteiger partial charge in [0.2, 0.25) is 5.82 Å². The van der Waals surface area contributed by atoms with Gasteiger partial charge in [0.05, 0.1) is 10.2 Å². The van der Waals surface area contributed by atoms with E-state index in [4.69, 9.17) is 4.52 Å². The number of pyridine rings is 1. The number of nitrogens with one attached hydrogen (secondary N) is 1. The minimum atomic E-state index is 0.260. The van der Waals surface area contributed by atoms with E-state index in [1.165, 1.54) is 0 Å². The molecule has 3 rings (SSSR count). The Morgan fingerprint density at radius 1 is 1.39 bits per heavy atom. The second-order valence-electron chi connectivity index (χ2n) is 4.25. The van der Waals surface area contributed by atoms with Crippen LogP contribution in [0, 0.1) is 0 Å². The van der Waals surface area contributed by atoms with Crippen molar-refractivity contribution < 1.29 is 4.52 Å². The molecule has 3 aromatic rings. The summed E-state index contributed by atoms with van der Waals surface area (Å²) in [5, 5.41) is 9.03. The predicted molar refractivity (Wildman–Crippen MR) is 71.7 cm³/mol. The summed E-state index contributed by atoms with van der Waals surface area (Å²) < 4.78 is 6.25. The molecule has 92 valence electrons. The van der Waals surface area contributed by atoms with Crippen LogP contribution in [0.1, 0.15) is 13.8 Å². The van der Waals surface area contributed by atoms with Crippen molar-refractivity contribution in [2.75, 3.05) is 5.32 Å². The highest BCUT2D eigenvalue weighted by Gasteiger charge is 2.10. The molecule has 1 N–H and O–H groups in total. The minimum Gasteiger partial charge on any atom is -0.336 e. The molecule has 0 aliphatic carbocycles. The van der Waals surface area contributed by atoms with Crippen molar-refractivity contribution in [1.82, 2.24) is 15.1 Å². The third-order valence-electron chi connectivity index (χ3n) is 2.40. The molecule has 6 heteroatoms. The van der Waals surface area contributed by atoms with Crippen LogP contribution in [0.4, 0.5) is 6.01 Å². The third kappa shape index (κ3) is 2.06. The molecule has 0 saturated carbocycles. The smallest absolute Gasteiger partial charge is 0.321 e. The van der Waals surface area contributed by atoms with Gasteiger partial charge in [0, 0.05) is 17.8 Å². The van der Waals surface area contributed by atoms with E-state index in [1.807, 2.05) is 31.4 Å². The monoisotopic (exact) mass is 260 g/mol. The molecule has 0 unspecified atom stereocenters. The Labute approximate surface area is 108 Å². The number of hydrogen-bond donors (Lipinski definition) is 1. The fourth-order valence-electron chi connectivity index (χ4n) is 1.62. The van der Waals surface area contributed by atoms with Crippen LogP contribution in [-0.4, -0.2) is 21.2 Å². The first-order chi connectivity index (χ1) is 8.72. The van der Waals surface area contributed by atoms with E-state index in [0.29, 0.717) is 11.8 Å². The molecular weight excluding hydrogens is 248 g/mol. The highest BCUT2D eigenvalue weighted by Crippen LogP contribution is 2.24. The summed E-state index contributed by atoms with van der Waals surface area (Å²) in [6.45, 7) is 4.03. The molecule has 0 aliphatic heterocycles. The fourth-order valence-corrected chi connectivity index (χ4v) is 2.40. The molecule has 0 aliphatic rings. The lowest BCUT2D eigenvalue weighted by molar-refractivity contribution is 0.429. The Kier molecular flexibility index (Phi) is 2.71. The van der Waals surface area contributed by atoms with Gasteiger partial charge in [-0.25, -0.2) is 0 Å². The van der Waals surface area contributed by atoms with Crippen molar-refractivity contribution in [2.24, 2.45) is 0 Å². The fraction of sp³-hybridized carbons (Fsp3) is 0.250. The number of fused-ring (bicyclic) bond motifs is 1. The van der Waals surface area contributed by atoms with E-state index < -0.39 is 0 Å². The average Bonchev–Trinajstić information content (AvgIpc) is 2.95. The quantitative estimate of drug-likeness (QED) is 0.783. The summed E-state index contributed by atoms with van der Waals surface area (Å²) in [4.78, 5) is 8.64. The first kappa shape index (κ1) is 11.2. The maximum atomic E-state index is 5.13. The van der Waals surface area contributed by atoms with Crippen LogP contribution in [0.5, 0.6) is 0 Å². The normalized spacial score (nSPS) is 11.3. The van der Waals surface area contributed by atoms with Gasteiger partial charge in [-0.15, -0.1) is 11.3 Å². The summed E-state index contributed by atoms with van der Waals surface area (Å²) in [6, 6.07) is 4.71. The summed E-state index contributed by atoms with van der Waals surface area (Å²) >= 11 is 1.65. The average molecular weight is 260 g/mol. The van der Waals surface area contributed by atoms with Crippen molar-refractivity contribution >= 4 is 27.6 Å². The van der Waals surface area contributed by atoms with E-state index >= 15 is 0 Å². The predicted octanol–water partition coefficient (Wildman–Crippen LogP) is 3.17. The van der Waals surface area contributed by atoms with Gasteiger partial charge < -0.3 is 9.84 Å². The topological polar surface area (TPSA) is 63.8 Å². The van der Waals surface area contributed by atoms with Crippen LogP contribution < -0.4 is 5.32 Å². The molecule has 3 heterocycles. The Morgan fingerprint density at radius 2 is 2.28 bits per heavy atom. The van der Waals surface area contributed by atoms with Crippen molar-refractivity contribution in [3.8, 4) is 11.4 Å². The van der Waals surface area contributed by atoms with E-state index in [1.54, 1.807) is 17.5 Å². The van der Waals surface area contributed by atoms with Crippen LogP contribution in [0.3, 0.4) is 0 Å². The first-order valence-corrected chi connectivity index (χ1v) is 6.54. The van der Waals surface area contributed by atoms with Gasteiger partial charge in [-0.05, 0) is 31.4 Å². The SMILES string of the molecule is CC(C)Nc1nc(-c2cnc3ccsc3c2)no1. The largest absolute Gasteiger partial charge is 0.336 e. The van der Waals surface area contributed by atoms with Gasteiger partial charge in [-0.3, -0.25) is 4.98 Å². The number of rotatable bonds is 3. The number of thiophene rings is 1. The molecule has 0 radical (unpaired) electrons. The standard InChI is InChI=1S/C12H12N4OS/c1-7(2)14-12-15-11(16-17-12)8-5-10-9(13-6-8)3-4-18-10/h3-7H,1-2H3,(H,14,15,16). The van der Waals surface area contributed by atoms with Crippen molar-refractivity contribution in [3.05, 3.63) is 23.7 Å². The molecule has 0 saturated heterocycles. The highest BCUT2D eigenvalue weighted by atomic mass is 32.1. The summed E-state index contributed by atoms with van der Waals surface area (Å²) in [5.41, 5.74) is 1.86. The van der Waals surface area contributed by atoms with E-state index in [2.05, 4.69) is 20.4 Å². The Bertz CT molecular complexity index is 673. The van der Waals surface area contributed by atoms with E-state index in [0.717, 1.165) is 15.8 Å². The number of aromatic nitrogens is 3. The zero-order valence-corrected chi connectivity index (χ0v) is 10.9. The Balaban J connectivity index is 1.95. The molecule has 0 bridgehead atoms. The molecule has 3 aromatic heterocycles. The molecular formula is C12H12N4OS. The van der Waals surface area contributed by atoms with Crippen LogP contribution in [0.15, 0.2) is 28.2 Å². The lowest BCUT2D eigenvalue weighted by Gasteiger charge is -2.01. The lowest BCUT2D eigenvalue weighted by Crippen LogP contribution is -2.09. The van der Waals surface area contributed by atoms with Gasteiger partial charge in [0.15, 0.2) is 0 Å². The van der Waals surface area contributed by atoms with Crippen LogP contribution in [0.2, 0.25) is 0 Å². The summed E-state index contributed by atoms with van der Waals surface area (Å²) in [5.74, 6) is 0.556. The number of nitrogens with zero attached hydrogens (tertiary/aromatic N) is 3. The maximum Gasteiger partial charge on any atom is 0.321 e. The molecule has 0 atom stereocenters. The molecule has 0 aromatic carbocycles. The van der Waals surface area contributed by atoms with Gasteiger partial charge in [-0.2, -0.15) is 4.98 Å². The summed E-state index contributed by atoms with van der Waals surface area (Å²) in [7, 11) is 0. The Morgan fingerprint density at radius 3 is 3.11 bits per heavy atom. The minimum absolute atomic E-state index is 0.260.